The molecule has 1 aromatic carbocycles. The standard InChI is InChI=1S/C15H21N/c1-10-4-5-13-12(11(10)2)6-7-15(3)9-16-8-14(13)15/h4-5,14,16H,6-9H2,1-3H3/t14-,15+/m1/s1. The third-order valence-corrected chi connectivity index (χ3v) is 4.95. The molecule has 1 saturated heterocycles. The van der Waals surface area contributed by atoms with E-state index in [2.05, 4.69) is 38.2 Å². The Bertz CT molecular complexity index is 435. The lowest BCUT2D eigenvalue weighted by molar-refractivity contribution is 0.277. The van der Waals surface area contributed by atoms with Crippen LogP contribution in [0.4, 0.5) is 0 Å². The lowest BCUT2D eigenvalue weighted by Gasteiger charge is -2.38. The van der Waals surface area contributed by atoms with Crippen LogP contribution in [0.15, 0.2) is 12.1 Å². The van der Waals surface area contributed by atoms with Crippen LogP contribution in [-0.2, 0) is 6.42 Å². The maximum absolute atomic E-state index is 3.58. The number of hydrogen-bond donors (Lipinski definition) is 1. The molecule has 1 nitrogen and oxygen atoms in total. The fourth-order valence-corrected chi connectivity index (χ4v) is 3.58. The summed E-state index contributed by atoms with van der Waals surface area (Å²) in [5.41, 5.74) is 6.77. The van der Waals surface area contributed by atoms with Gasteiger partial charge in [-0.1, -0.05) is 19.1 Å². The van der Waals surface area contributed by atoms with Gasteiger partial charge in [-0.15, -0.1) is 0 Å². The topological polar surface area (TPSA) is 12.0 Å². The number of fused-ring (bicyclic) bond motifs is 3. The fraction of sp³-hybridized carbons (Fsp3) is 0.600. The van der Waals surface area contributed by atoms with E-state index in [0.717, 1.165) is 5.92 Å². The van der Waals surface area contributed by atoms with Crippen LogP contribution in [0.1, 0.15) is 41.5 Å². The lowest BCUT2D eigenvalue weighted by atomic mass is 9.66. The Morgan fingerprint density at radius 3 is 2.94 bits per heavy atom. The summed E-state index contributed by atoms with van der Waals surface area (Å²) in [5, 5.41) is 3.58. The quantitative estimate of drug-likeness (QED) is 0.701. The Morgan fingerprint density at radius 1 is 1.31 bits per heavy atom. The minimum absolute atomic E-state index is 0.509. The highest BCUT2D eigenvalue weighted by Crippen LogP contribution is 2.48. The molecule has 0 aromatic heterocycles. The highest BCUT2D eigenvalue weighted by atomic mass is 14.9. The summed E-state index contributed by atoms with van der Waals surface area (Å²) in [7, 11) is 0. The normalized spacial score (nSPS) is 32.3. The van der Waals surface area contributed by atoms with Crippen LogP contribution in [0.5, 0.6) is 0 Å². The van der Waals surface area contributed by atoms with E-state index in [1.165, 1.54) is 37.1 Å². The zero-order valence-corrected chi connectivity index (χ0v) is 10.6. The minimum Gasteiger partial charge on any atom is -0.316 e. The first kappa shape index (κ1) is 10.3. The third-order valence-electron chi connectivity index (χ3n) is 4.95. The monoisotopic (exact) mass is 215 g/mol. The van der Waals surface area contributed by atoms with Gasteiger partial charge in [-0.2, -0.15) is 0 Å². The molecular weight excluding hydrogens is 194 g/mol. The van der Waals surface area contributed by atoms with E-state index in [0.29, 0.717) is 5.41 Å². The Balaban J connectivity index is 2.14. The number of rotatable bonds is 0. The molecule has 2 aliphatic rings. The second kappa shape index (κ2) is 3.33. The van der Waals surface area contributed by atoms with E-state index < -0.39 is 0 Å². The molecule has 0 unspecified atom stereocenters. The largest absolute Gasteiger partial charge is 0.316 e. The van der Waals surface area contributed by atoms with Crippen LogP contribution < -0.4 is 5.32 Å². The molecule has 0 radical (unpaired) electrons. The van der Waals surface area contributed by atoms with Gasteiger partial charge in [0.1, 0.15) is 0 Å². The Kier molecular flexibility index (Phi) is 2.16. The van der Waals surface area contributed by atoms with Crippen molar-refractivity contribution in [3.63, 3.8) is 0 Å². The second-order valence-electron chi connectivity index (χ2n) is 5.91. The summed E-state index contributed by atoms with van der Waals surface area (Å²) < 4.78 is 0. The summed E-state index contributed by atoms with van der Waals surface area (Å²) in [4.78, 5) is 0. The second-order valence-corrected chi connectivity index (χ2v) is 5.91. The van der Waals surface area contributed by atoms with E-state index in [1.807, 2.05) is 0 Å². The Hall–Kier alpha value is -0.820. The summed E-state index contributed by atoms with van der Waals surface area (Å²) in [5.74, 6) is 0.746. The molecule has 1 aliphatic carbocycles. The molecule has 86 valence electrons. The molecular formula is C15H21N. The molecule has 0 bridgehead atoms. The number of nitrogens with one attached hydrogen (secondary N) is 1. The zero-order valence-electron chi connectivity index (χ0n) is 10.6. The number of aryl methyl sites for hydroxylation is 1. The van der Waals surface area contributed by atoms with Crippen molar-refractivity contribution in [2.45, 2.75) is 39.5 Å². The molecule has 0 amide bonds. The molecule has 1 aromatic rings. The van der Waals surface area contributed by atoms with Crippen molar-refractivity contribution in [3.05, 3.63) is 34.4 Å². The van der Waals surface area contributed by atoms with Crippen molar-refractivity contribution >= 4 is 0 Å². The highest BCUT2D eigenvalue weighted by molar-refractivity contribution is 5.45. The molecule has 2 atom stereocenters. The van der Waals surface area contributed by atoms with Crippen molar-refractivity contribution < 1.29 is 0 Å². The molecule has 16 heavy (non-hydrogen) atoms. The highest BCUT2D eigenvalue weighted by Gasteiger charge is 2.43. The van der Waals surface area contributed by atoms with Gasteiger partial charge in [0, 0.05) is 19.0 Å². The Morgan fingerprint density at radius 2 is 2.12 bits per heavy atom. The van der Waals surface area contributed by atoms with E-state index in [9.17, 15) is 0 Å². The molecule has 1 aliphatic heterocycles. The molecule has 1 fully saturated rings. The van der Waals surface area contributed by atoms with E-state index >= 15 is 0 Å². The van der Waals surface area contributed by atoms with Crippen molar-refractivity contribution in [2.75, 3.05) is 13.1 Å². The molecule has 1 N–H and O–H groups in total. The van der Waals surface area contributed by atoms with Crippen LogP contribution in [0, 0.1) is 19.3 Å². The van der Waals surface area contributed by atoms with E-state index in [-0.39, 0.29) is 0 Å². The van der Waals surface area contributed by atoms with Crippen LogP contribution in [0.2, 0.25) is 0 Å². The molecule has 1 heterocycles. The van der Waals surface area contributed by atoms with Gasteiger partial charge in [0.15, 0.2) is 0 Å². The van der Waals surface area contributed by atoms with Crippen molar-refractivity contribution in [3.8, 4) is 0 Å². The first-order chi connectivity index (χ1) is 7.62. The van der Waals surface area contributed by atoms with Gasteiger partial charge >= 0.3 is 0 Å². The average molecular weight is 215 g/mol. The Labute approximate surface area is 98.3 Å². The van der Waals surface area contributed by atoms with Gasteiger partial charge in [0.2, 0.25) is 0 Å². The molecule has 1 heteroatoms. The van der Waals surface area contributed by atoms with Gasteiger partial charge in [0.25, 0.3) is 0 Å². The first-order valence-electron chi connectivity index (χ1n) is 6.41. The van der Waals surface area contributed by atoms with Crippen molar-refractivity contribution in [1.82, 2.24) is 5.32 Å². The summed E-state index contributed by atoms with van der Waals surface area (Å²) in [6.07, 6.45) is 2.62. The minimum atomic E-state index is 0.509. The predicted molar refractivity (Wildman–Crippen MR) is 68.0 cm³/mol. The zero-order chi connectivity index (χ0) is 11.3. The van der Waals surface area contributed by atoms with Crippen LogP contribution in [0.25, 0.3) is 0 Å². The summed E-state index contributed by atoms with van der Waals surface area (Å²) in [6.45, 7) is 9.35. The van der Waals surface area contributed by atoms with E-state index in [4.69, 9.17) is 0 Å². The van der Waals surface area contributed by atoms with Gasteiger partial charge in [-0.05, 0) is 54.4 Å². The number of benzene rings is 1. The van der Waals surface area contributed by atoms with Crippen LogP contribution >= 0.6 is 0 Å². The van der Waals surface area contributed by atoms with Crippen LogP contribution in [0.3, 0.4) is 0 Å². The lowest BCUT2D eigenvalue weighted by Crippen LogP contribution is -2.30. The third kappa shape index (κ3) is 1.27. The van der Waals surface area contributed by atoms with Gasteiger partial charge in [-0.3, -0.25) is 0 Å². The average Bonchev–Trinajstić information content (AvgIpc) is 2.65. The predicted octanol–water partition coefficient (Wildman–Crippen LogP) is 2.94. The molecule has 0 saturated carbocycles. The van der Waals surface area contributed by atoms with E-state index in [1.54, 1.807) is 11.1 Å². The van der Waals surface area contributed by atoms with Gasteiger partial charge in [-0.25, -0.2) is 0 Å². The van der Waals surface area contributed by atoms with Crippen molar-refractivity contribution in [1.29, 1.82) is 0 Å². The molecule has 3 rings (SSSR count). The smallest absolute Gasteiger partial charge is 0.00323 e. The van der Waals surface area contributed by atoms with Gasteiger partial charge < -0.3 is 5.32 Å². The van der Waals surface area contributed by atoms with Crippen molar-refractivity contribution in [2.24, 2.45) is 5.41 Å². The first-order valence-corrected chi connectivity index (χ1v) is 6.41. The van der Waals surface area contributed by atoms with Gasteiger partial charge in [0.05, 0.1) is 0 Å². The fourth-order valence-electron chi connectivity index (χ4n) is 3.58. The molecule has 0 spiro atoms. The number of hydrogen-bond acceptors (Lipinski definition) is 1. The summed E-state index contributed by atoms with van der Waals surface area (Å²) >= 11 is 0. The van der Waals surface area contributed by atoms with Crippen LogP contribution in [-0.4, -0.2) is 13.1 Å². The summed E-state index contributed by atoms with van der Waals surface area (Å²) in [6, 6.07) is 4.69. The SMILES string of the molecule is Cc1ccc2c(c1C)CC[C@@]1(C)CNC[C@H]21. The maximum atomic E-state index is 3.58. The maximum Gasteiger partial charge on any atom is 0.00323 e.